The predicted molar refractivity (Wildman–Crippen MR) is 63.9 cm³/mol. The number of hydrogen-bond donors (Lipinski definition) is 1. The molecule has 4 heteroatoms. The van der Waals surface area contributed by atoms with Crippen molar-refractivity contribution < 1.29 is 13.9 Å². The number of H-pyrrole nitrogens is 1. The van der Waals surface area contributed by atoms with Gasteiger partial charge in [0.2, 0.25) is 0 Å². The average Bonchev–Trinajstić information content (AvgIpc) is 2.69. The van der Waals surface area contributed by atoms with Crippen molar-refractivity contribution in [2.75, 3.05) is 6.61 Å². The summed E-state index contributed by atoms with van der Waals surface area (Å²) in [7, 11) is 0. The molecular weight excluding hydrogens is 221 g/mol. The van der Waals surface area contributed by atoms with Crippen LogP contribution in [0.25, 0.3) is 17.0 Å². The van der Waals surface area contributed by atoms with E-state index in [0.717, 1.165) is 16.5 Å². The molecule has 0 aliphatic heterocycles. The van der Waals surface area contributed by atoms with Crippen molar-refractivity contribution >= 4 is 22.9 Å². The van der Waals surface area contributed by atoms with Crippen LogP contribution < -0.4 is 0 Å². The lowest BCUT2D eigenvalue weighted by Gasteiger charge is -1.95. The van der Waals surface area contributed by atoms with E-state index in [1.165, 1.54) is 18.2 Å². The number of esters is 1. The highest BCUT2D eigenvalue weighted by Crippen LogP contribution is 2.20. The molecule has 0 atom stereocenters. The maximum Gasteiger partial charge on any atom is 0.330 e. The summed E-state index contributed by atoms with van der Waals surface area (Å²) in [6.45, 7) is 2.08. The molecule has 0 spiro atoms. The van der Waals surface area contributed by atoms with Gasteiger partial charge in [-0.1, -0.05) is 0 Å². The van der Waals surface area contributed by atoms with Crippen LogP contribution in [0.5, 0.6) is 0 Å². The molecule has 2 aromatic rings. The second-order valence-electron chi connectivity index (χ2n) is 3.52. The van der Waals surface area contributed by atoms with E-state index in [-0.39, 0.29) is 5.82 Å². The van der Waals surface area contributed by atoms with Crippen molar-refractivity contribution in [2.45, 2.75) is 6.92 Å². The Bertz CT molecular complexity index is 572. The number of hydrogen-bond acceptors (Lipinski definition) is 2. The van der Waals surface area contributed by atoms with Crippen LogP contribution in [0.4, 0.5) is 4.39 Å². The fourth-order valence-electron chi connectivity index (χ4n) is 1.60. The number of halogens is 1. The van der Waals surface area contributed by atoms with E-state index in [2.05, 4.69) is 4.98 Å². The van der Waals surface area contributed by atoms with E-state index in [9.17, 15) is 9.18 Å². The van der Waals surface area contributed by atoms with Gasteiger partial charge in [-0.05, 0) is 31.2 Å². The average molecular weight is 233 g/mol. The van der Waals surface area contributed by atoms with E-state index in [1.54, 1.807) is 25.3 Å². The molecule has 0 saturated heterocycles. The standard InChI is InChI=1S/C13H12FNO2/c1-2-17-13(16)6-3-9-8-15-12-5-4-10(14)7-11(9)12/h3-8,15H,2H2,1H3. The summed E-state index contributed by atoms with van der Waals surface area (Å²) in [5.41, 5.74) is 1.59. The third-order valence-corrected chi connectivity index (χ3v) is 2.36. The smallest absolute Gasteiger partial charge is 0.330 e. The fraction of sp³-hybridized carbons (Fsp3) is 0.154. The minimum Gasteiger partial charge on any atom is -0.463 e. The number of carbonyl (C=O) groups is 1. The molecule has 1 aromatic carbocycles. The molecule has 1 N–H and O–H groups in total. The highest BCUT2D eigenvalue weighted by atomic mass is 19.1. The first-order valence-corrected chi connectivity index (χ1v) is 5.32. The van der Waals surface area contributed by atoms with Crippen LogP contribution in [0.3, 0.4) is 0 Å². The Balaban J connectivity index is 2.30. The molecule has 0 radical (unpaired) electrons. The molecule has 0 aliphatic carbocycles. The summed E-state index contributed by atoms with van der Waals surface area (Å²) in [5, 5.41) is 0.741. The number of aromatic amines is 1. The molecule has 0 unspecified atom stereocenters. The Morgan fingerprint density at radius 2 is 2.35 bits per heavy atom. The Morgan fingerprint density at radius 1 is 1.53 bits per heavy atom. The van der Waals surface area contributed by atoms with Gasteiger partial charge in [0.1, 0.15) is 5.82 Å². The Kier molecular flexibility index (Phi) is 3.23. The summed E-state index contributed by atoms with van der Waals surface area (Å²) in [4.78, 5) is 14.1. The van der Waals surface area contributed by atoms with Crippen molar-refractivity contribution in [2.24, 2.45) is 0 Å². The minimum absolute atomic E-state index is 0.303. The van der Waals surface area contributed by atoms with Crippen LogP contribution >= 0.6 is 0 Å². The maximum absolute atomic E-state index is 13.1. The molecule has 0 amide bonds. The lowest BCUT2D eigenvalue weighted by molar-refractivity contribution is -0.137. The summed E-state index contributed by atoms with van der Waals surface area (Å²) >= 11 is 0. The van der Waals surface area contributed by atoms with Crippen molar-refractivity contribution in [3.05, 3.63) is 41.9 Å². The number of nitrogens with one attached hydrogen (secondary N) is 1. The molecule has 0 saturated carbocycles. The van der Waals surface area contributed by atoms with Crippen molar-refractivity contribution in [3.8, 4) is 0 Å². The monoisotopic (exact) mass is 233 g/mol. The van der Waals surface area contributed by atoms with Crippen LogP contribution in [0.1, 0.15) is 12.5 Å². The topological polar surface area (TPSA) is 42.1 Å². The van der Waals surface area contributed by atoms with E-state index >= 15 is 0 Å². The van der Waals surface area contributed by atoms with Gasteiger partial charge in [0.15, 0.2) is 0 Å². The van der Waals surface area contributed by atoms with Crippen LogP contribution in [0, 0.1) is 5.82 Å². The number of rotatable bonds is 3. The first-order valence-electron chi connectivity index (χ1n) is 5.32. The first kappa shape index (κ1) is 11.4. The molecule has 3 nitrogen and oxygen atoms in total. The zero-order valence-electron chi connectivity index (χ0n) is 9.37. The fourth-order valence-corrected chi connectivity index (χ4v) is 1.60. The molecule has 2 rings (SSSR count). The molecule has 0 aliphatic rings. The van der Waals surface area contributed by atoms with Gasteiger partial charge in [-0.2, -0.15) is 0 Å². The van der Waals surface area contributed by atoms with E-state index in [1.807, 2.05) is 0 Å². The van der Waals surface area contributed by atoms with Gasteiger partial charge in [0, 0.05) is 28.7 Å². The van der Waals surface area contributed by atoms with Crippen LogP contribution in [0.2, 0.25) is 0 Å². The summed E-state index contributed by atoms with van der Waals surface area (Å²) < 4.78 is 17.9. The largest absolute Gasteiger partial charge is 0.463 e. The first-order chi connectivity index (χ1) is 8.20. The van der Waals surface area contributed by atoms with Crippen molar-refractivity contribution in [1.82, 2.24) is 4.98 Å². The maximum atomic E-state index is 13.1. The van der Waals surface area contributed by atoms with E-state index < -0.39 is 5.97 Å². The second-order valence-corrected chi connectivity index (χ2v) is 3.52. The quantitative estimate of drug-likeness (QED) is 0.654. The van der Waals surface area contributed by atoms with Gasteiger partial charge < -0.3 is 9.72 Å². The highest BCUT2D eigenvalue weighted by Gasteiger charge is 2.03. The van der Waals surface area contributed by atoms with Crippen molar-refractivity contribution in [3.63, 3.8) is 0 Å². The van der Waals surface area contributed by atoms with Gasteiger partial charge >= 0.3 is 5.97 Å². The molecule has 17 heavy (non-hydrogen) atoms. The normalized spacial score (nSPS) is 11.2. The Labute approximate surface area is 97.9 Å². The molecular formula is C13H12FNO2. The third kappa shape index (κ3) is 2.53. The van der Waals surface area contributed by atoms with Gasteiger partial charge in [0.05, 0.1) is 6.61 Å². The highest BCUT2D eigenvalue weighted by molar-refractivity contribution is 5.93. The van der Waals surface area contributed by atoms with Gasteiger partial charge in [-0.25, -0.2) is 9.18 Å². The second kappa shape index (κ2) is 4.82. The minimum atomic E-state index is -0.404. The SMILES string of the molecule is CCOC(=O)C=Cc1c[nH]c2ccc(F)cc12. The lowest BCUT2D eigenvalue weighted by Crippen LogP contribution is -1.98. The van der Waals surface area contributed by atoms with E-state index in [0.29, 0.717) is 6.61 Å². The van der Waals surface area contributed by atoms with E-state index in [4.69, 9.17) is 4.74 Å². The Hall–Kier alpha value is -2.10. The van der Waals surface area contributed by atoms with Crippen LogP contribution in [-0.2, 0) is 9.53 Å². The number of ether oxygens (including phenoxy) is 1. The van der Waals surface area contributed by atoms with Crippen LogP contribution in [0.15, 0.2) is 30.5 Å². The molecule has 1 heterocycles. The lowest BCUT2D eigenvalue weighted by atomic mass is 10.1. The number of fused-ring (bicyclic) bond motifs is 1. The molecule has 0 bridgehead atoms. The number of benzene rings is 1. The molecule has 0 fully saturated rings. The van der Waals surface area contributed by atoms with Crippen LogP contribution in [-0.4, -0.2) is 17.6 Å². The molecule has 88 valence electrons. The summed E-state index contributed by atoms with van der Waals surface area (Å²) in [6.07, 6.45) is 4.66. The number of aromatic nitrogens is 1. The summed E-state index contributed by atoms with van der Waals surface area (Å²) in [6, 6.07) is 4.47. The van der Waals surface area contributed by atoms with Gasteiger partial charge in [0.25, 0.3) is 0 Å². The van der Waals surface area contributed by atoms with Gasteiger partial charge in [-0.15, -0.1) is 0 Å². The molecule has 1 aromatic heterocycles. The number of carbonyl (C=O) groups excluding carboxylic acids is 1. The third-order valence-electron chi connectivity index (χ3n) is 2.36. The predicted octanol–water partition coefficient (Wildman–Crippen LogP) is 2.88. The summed E-state index contributed by atoms with van der Waals surface area (Å²) in [5.74, 6) is -0.707. The Morgan fingerprint density at radius 3 is 3.12 bits per heavy atom. The zero-order valence-corrected chi connectivity index (χ0v) is 9.37. The van der Waals surface area contributed by atoms with Crippen molar-refractivity contribution in [1.29, 1.82) is 0 Å². The van der Waals surface area contributed by atoms with Gasteiger partial charge in [-0.3, -0.25) is 0 Å². The zero-order chi connectivity index (χ0) is 12.3.